The highest BCUT2D eigenvalue weighted by atomic mass is 17.1. The van der Waals surface area contributed by atoms with Crippen LogP contribution in [-0.2, 0) is 9.68 Å². The standard InChI is InChI=1S/C10H24N2O6/c1-5-7(2)6-8(3)10(18-12(15)16)9(4)17-11(13)14/h7-10,13-16H,5-6H2,1-4H3. The van der Waals surface area contributed by atoms with Crippen molar-refractivity contribution in [2.75, 3.05) is 0 Å². The Morgan fingerprint density at radius 1 is 0.944 bits per heavy atom. The van der Waals surface area contributed by atoms with E-state index in [1.54, 1.807) is 0 Å². The van der Waals surface area contributed by atoms with Crippen molar-refractivity contribution in [2.45, 2.75) is 52.7 Å². The molecule has 0 fully saturated rings. The summed E-state index contributed by atoms with van der Waals surface area (Å²) in [6.07, 6.45) is 0.247. The Morgan fingerprint density at radius 3 is 1.83 bits per heavy atom. The first-order valence-electron chi connectivity index (χ1n) is 5.97. The maximum Gasteiger partial charge on any atom is 0.115 e. The fourth-order valence-electron chi connectivity index (χ4n) is 1.91. The van der Waals surface area contributed by atoms with Crippen LogP contribution >= 0.6 is 0 Å². The van der Waals surface area contributed by atoms with E-state index in [0.717, 1.165) is 12.8 Å². The fraction of sp³-hybridized carbons (Fsp3) is 1.00. The lowest BCUT2D eigenvalue weighted by molar-refractivity contribution is -0.540. The molecule has 0 aromatic heterocycles. The van der Waals surface area contributed by atoms with E-state index < -0.39 is 23.0 Å². The molecule has 0 aliphatic rings. The smallest absolute Gasteiger partial charge is 0.115 e. The Kier molecular flexibility index (Phi) is 8.57. The zero-order valence-corrected chi connectivity index (χ0v) is 11.2. The van der Waals surface area contributed by atoms with Crippen molar-refractivity contribution in [1.82, 2.24) is 10.8 Å². The lowest BCUT2D eigenvalue weighted by Crippen LogP contribution is -2.41. The lowest BCUT2D eigenvalue weighted by atomic mass is 9.89. The first-order valence-corrected chi connectivity index (χ1v) is 5.97. The third kappa shape index (κ3) is 7.19. The van der Waals surface area contributed by atoms with E-state index in [9.17, 15) is 0 Å². The molecule has 4 atom stereocenters. The van der Waals surface area contributed by atoms with Crippen molar-refractivity contribution in [1.29, 1.82) is 0 Å². The number of hydrogen-bond acceptors (Lipinski definition) is 8. The van der Waals surface area contributed by atoms with Gasteiger partial charge in [-0.3, -0.25) is 20.8 Å². The van der Waals surface area contributed by atoms with Gasteiger partial charge in [0.05, 0.1) is 10.8 Å². The molecule has 8 heteroatoms. The Morgan fingerprint density at radius 2 is 1.44 bits per heavy atom. The van der Waals surface area contributed by atoms with Crippen LogP contribution in [-0.4, -0.2) is 43.8 Å². The average Bonchev–Trinajstić information content (AvgIpc) is 2.24. The molecule has 0 saturated carbocycles. The molecule has 0 aliphatic carbocycles. The normalized spacial score (nSPS) is 19.0. The Bertz CT molecular complexity index is 217. The van der Waals surface area contributed by atoms with Crippen molar-refractivity contribution in [3.05, 3.63) is 0 Å². The van der Waals surface area contributed by atoms with Gasteiger partial charge in [0.25, 0.3) is 0 Å². The Labute approximate surface area is 107 Å². The second-order valence-corrected chi connectivity index (χ2v) is 4.61. The van der Waals surface area contributed by atoms with Crippen molar-refractivity contribution in [3.8, 4) is 0 Å². The maximum absolute atomic E-state index is 8.72. The molecule has 4 N–H and O–H groups in total. The monoisotopic (exact) mass is 268 g/mol. The third-order valence-electron chi connectivity index (χ3n) is 2.97. The van der Waals surface area contributed by atoms with Crippen LogP contribution in [0.15, 0.2) is 0 Å². The summed E-state index contributed by atoms with van der Waals surface area (Å²) in [4.78, 5) is 9.41. The minimum atomic E-state index is -0.777. The zero-order valence-electron chi connectivity index (χ0n) is 11.2. The summed E-state index contributed by atoms with van der Waals surface area (Å²) in [6, 6.07) is 0. The summed E-state index contributed by atoms with van der Waals surface area (Å²) in [5.74, 6) is 0.361. The van der Waals surface area contributed by atoms with E-state index in [1.807, 2.05) is 6.92 Å². The van der Waals surface area contributed by atoms with E-state index in [-0.39, 0.29) is 5.92 Å². The second kappa shape index (κ2) is 8.73. The molecule has 0 rings (SSSR count). The molecule has 0 saturated heterocycles. The van der Waals surface area contributed by atoms with Crippen LogP contribution in [0.25, 0.3) is 0 Å². The molecule has 18 heavy (non-hydrogen) atoms. The second-order valence-electron chi connectivity index (χ2n) is 4.61. The lowest BCUT2D eigenvalue weighted by Gasteiger charge is -2.30. The number of hydrogen-bond donors (Lipinski definition) is 4. The molecule has 110 valence electrons. The first-order chi connectivity index (χ1) is 8.27. The number of nitrogens with zero attached hydrogens (tertiary/aromatic N) is 2. The molecule has 0 aliphatic heterocycles. The molecule has 4 unspecified atom stereocenters. The van der Waals surface area contributed by atoms with E-state index in [0.29, 0.717) is 5.92 Å². The minimum absolute atomic E-state index is 0.0725. The molecular formula is C10H24N2O6. The van der Waals surface area contributed by atoms with Crippen LogP contribution in [0, 0.1) is 11.8 Å². The zero-order chi connectivity index (χ0) is 14.3. The van der Waals surface area contributed by atoms with E-state index in [2.05, 4.69) is 18.7 Å². The average molecular weight is 268 g/mol. The van der Waals surface area contributed by atoms with Crippen molar-refractivity contribution >= 4 is 0 Å². The van der Waals surface area contributed by atoms with Gasteiger partial charge < -0.3 is 0 Å². The molecule has 0 bridgehead atoms. The molecule has 0 aromatic rings. The summed E-state index contributed by atoms with van der Waals surface area (Å²) >= 11 is 0. The van der Waals surface area contributed by atoms with Gasteiger partial charge in [0.2, 0.25) is 0 Å². The summed E-state index contributed by atoms with van der Waals surface area (Å²) in [5, 5.41) is 33.8. The topological polar surface area (TPSA) is 106 Å². The summed E-state index contributed by atoms with van der Waals surface area (Å²) < 4.78 is 0. The van der Waals surface area contributed by atoms with Crippen LogP contribution in [0.1, 0.15) is 40.5 Å². The molecule has 8 nitrogen and oxygen atoms in total. The van der Waals surface area contributed by atoms with Crippen LogP contribution < -0.4 is 0 Å². The van der Waals surface area contributed by atoms with Gasteiger partial charge in [-0.05, 0) is 25.2 Å². The highest BCUT2D eigenvalue weighted by Crippen LogP contribution is 2.23. The van der Waals surface area contributed by atoms with Crippen LogP contribution in [0.2, 0.25) is 0 Å². The van der Waals surface area contributed by atoms with Crippen LogP contribution in [0.5, 0.6) is 0 Å². The molecule has 0 amide bonds. The molecule has 0 spiro atoms. The summed E-state index contributed by atoms with van der Waals surface area (Å²) in [7, 11) is 0. The van der Waals surface area contributed by atoms with Crippen LogP contribution in [0.3, 0.4) is 0 Å². The van der Waals surface area contributed by atoms with Gasteiger partial charge in [-0.25, -0.2) is 9.68 Å². The highest BCUT2D eigenvalue weighted by Gasteiger charge is 2.30. The van der Waals surface area contributed by atoms with E-state index >= 15 is 0 Å². The van der Waals surface area contributed by atoms with Crippen molar-refractivity contribution < 1.29 is 30.5 Å². The van der Waals surface area contributed by atoms with Gasteiger partial charge in [0.15, 0.2) is 0 Å². The van der Waals surface area contributed by atoms with E-state index in [4.69, 9.17) is 25.7 Å². The first kappa shape index (κ1) is 17.7. The van der Waals surface area contributed by atoms with E-state index in [1.165, 1.54) is 6.92 Å². The maximum atomic E-state index is 8.72. The van der Waals surface area contributed by atoms with Gasteiger partial charge >= 0.3 is 0 Å². The van der Waals surface area contributed by atoms with Gasteiger partial charge in [-0.2, -0.15) is 0 Å². The minimum Gasteiger partial charge on any atom is -0.266 e. The predicted octanol–water partition coefficient (Wildman–Crippen LogP) is 1.84. The van der Waals surface area contributed by atoms with Crippen molar-refractivity contribution in [2.24, 2.45) is 11.8 Å². The largest absolute Gasteiger partial charge is 0.266 e. The van der Waals surface area contributed by atoms with Crippen LogP contribution in [0.4, 0.5) is 0 Å². The fourth-order valence-corrected chi connectivity index (χ4v) is 1.91. The Hall–Kier alpha value is -0.320. The SMILES string of the molecule is CCC(C)CC(C)C(ON(O)O)C(C)ON(O)O. The Balaban J connectivity index is 4.54. The van der Waals surface area contributed by atoms with Gasteiger partial charge in [-0.1, -0.05) is 27.2 Å². The molecule has 0 aromatic carbocycles. The molecule has 0 radical (unpaired) electrons. The quantitative estimate of drug-likeness (QED) is 0.469. The molecular weight excluding hydrogens is 244 g/mol. The summed E-state index contributed by atoms with van der Waals surface area (Å²) in [6.45, 7) is 7.51. The summed E-state index contributed by atoms with van der Waals surface area (Å²) in [5.41, 5.74) is 0. The third-order valence-corrected chi connectivity index (χ3v) is 2.97. The highest BCUT2D eigenvalue weighted by molar-refractivity contribution is 4.73. The van der Waals surface area contributed by atoms with Gasteiger partial charge in [0.1, 0.15) is 12.2 Å². The molecule has 0 heterocycles. The van der Waals surface area contributed by atoms with Crippen molar-refractivity contribution in [3.63, 3.8) is 0 Å². The predicted molar refractivity (Wildman–Crippen MR) is 59.5 cm³/mol. The van der Waals surface area contributed by atoms with Gasteiger partial charge in [0, 0.05) is 0 Å². The van der Waals surface area contributed by atoms with Gasteiger partial charge in [-0.15, -0.1) is 0 Å². The number of rotatable bonds is 9.